The smallest absolute Gasteiger partial charge is 0.229 e. The predicted molar refractivity (Wildman–Crippen MR) is 105 cm³/mol. The van der Waals surface area contributed by atoms with Crippen LogP contribution in [0.3, 0.4) is 0 Å². The maximum atomic E-state index is 5.37. The molecule has 0 unspecified atom stereocenters. The highest BCUT2D eigenvalue weighted by molar-refractivity contribution is 5.56. The number of aromatic nitrogens is 4. The van der Waals surface area contributed by atoms with Gasteiger partial charge in [-0.15, -0.1) is 0 Å². The molecule has 1 aromatic carbocycles. The van der Waals surface area contributed by atoms with Gasteiger partial charge >= 0.3 is 0 Å². The summed E-state index contributed by atoms with van der Waals surface area (Å²) in [6.45, 7) is 5.45. The van der Waals surface area contributed by atoms with Gasteiger partial charge in [-0.1, -0.05) is 0 Å². The normalized spacial score (nSPS) is 14.8. The minimum absolute atomic E-state index is 0.571. The molecule has 8 heteroatoms. The Morgan fingerprint density at radius 3 is 2.67 bits per heavy atom. The zero-order valence-electron chi connectivity index (χ0n) is 15.1. The van der Waals surface area contributed by atoms with E-state index < -0.39 is 0 Å². The van der Waals surface area contributed by atoms with Crippen molar-refractivity contribution in [2.45, 2.75) is 0 Å². The van der Waals surface area contributed by atoms with Crippen LogP contribution < -0.4 is 10.6 Å². The van der Waals surface area contributed by atoms with Crippen molar-refractivity contribution < 1.29 is 4.74 Å². The van der Waals surface area contributed by atoms with Gasteiger partial charge in [-0.05, 0) is 30.3 Å². The number of anilines is 3. The molecule has 2 N–H and O–H groups in total. The SMILES string of the molecule is c1cn(-c2ccc(Nc3nccc(NCCN4CCOCC4)n3)cc2)cn1. The van der Waals surface area contributed by atoms with Crippen LogP contribution in [0.1, 0.15) is 0 Å². The summed E-state index contributed by atoms with van der Waals surface area (Å²) < 4.78 is 7.33. The molecule has 27 heavy (non-hydrogen) atoms. The first-order valence-electron chi connectivity index (χ1n) is 9.09. The Morgan fingerprint density at radius 1 is 1.04 bits per heavy atom. The molecule has 0 atom stereocenters. The second-order valence-electron chi connectivity index (χ2n) is 6.29. The van der Waals surface area contributed by atoms with Crippen molar-refractivity contribution in [2.75, 3.05) is 50.0 Å². The van der Waals surface area contributed by atoms with Crippen LogP contribution in [0.2, 0.25) is 0 Å². The third kappa shape index (κ3) is 4.81. The minimum atomic E-state index is 0.571. The highest BCUT2D eigenvalue weighted by atomic mass is 16.5. The van der Waals surface area contributed by atoms with E-state index in [0.717, 1.165) is 56.6 Å². The van der Waals surface area contributed by atoms with Gasteiger partial charge < -0.3 is 19.9 Å². The van der Waals surface area contributed by atoms with Crippen molar-refractivity contribution in [3.8, 4) is 5.69 Å². The van der Waals surface area contributed by atoms with Gasteiger partial charge in [0.2, 0.25) is 5.95 Å². The van der Waals surface area contributed by atoms with E-state index in [-0.39, 0.29) is 0 Å². The van der Waals surface area contributed by atoms with E-state index in [1.165, 1.54) is 0 Å². The number of imidazole rings is 1. The number of morpholine rings is 1. The Hall–Kier alpha value is -2.97. The largest absolute Gasteiger partial charge is 0.379 e. The number of hydrogen-bond donors (Lipinski definition) is 2. The maximum Gasteiger partial charge on any atom is 0.229 e. The molecule has 2 aromatic heterocycles. The lowest BCUT2D eigenvalue weighted by Gasteiger charge is -2.26. The zero-order chi connectivity index (χ0) is 18.3. The van der Waals surface area contributed by atoms with Gasteiger partial charge in [0, 0.05) is 56.1 Å². The van der Waals surface area contributed by atoms with Gasteiger partial charge in [-0.2, -0.15) is 4.98 Å². The average Bonchev–Trinajstić information content (AvgIpc) is 3.25. The molecule has 0 aliphatic carbocycles. The minimum Gasteiger partial charge on any atom is -0.379 e. The fraction of sp³-hybridized carbons (Fsp3) is 0.316. The predicted octanol–water partition coefficient (Wildman–Crippen LogP) is 2.15. The van der Waals surface area contributed by atoms with Crippen LogP contribution in [-0.4, -0.2) is 63.8 Å². The Morgan fingerprint density at radius 2 is 1.89 bits per heavy atom. The molecule has 1 fully saturated rings. The van der Waals surface area contributed by atoms with Crippen LogP contribution in [0.4, 0.5) is 17.5 Å². The fourth-order valence-corrected chi connectivity index (χ4v) is 2.94. The summed E-state index contributed by atoms with van der Waals surface area (Å²) >= 11 is 0. The molecule has 0 spiro atoms. The molecule has 3 heterocycles. The molecule has 1 aliphatic heterocycles. The van der Waals surface area contributed by atoms with Crippen molar-refractivity contribution >= 4 is 17.5 Å². The van der Waals surface area contributed by atoms with Crippen LogP contribution in [0.5, 0.6) is 0 Å². The van der Waals surface area contributed by atoms with Gasteiger partial charge in [0.1, 0.15) is 5.82 Å². The average molecular weight is 365 g/mol. The maximum absolute atomic E-state index is 5.37. The Labute approximate surface area is 158 Å². The van der Waals surface area contributed by atoms with Crippen molar-refractivity contribution in [2.24, 2.45) is 0 Å². The molecule has 140 valence electrons. The number of nitrogens with zero attached hydrogens (tertiary/aromatic N) is 5. The van der Waals surface area contributed by atoms with E-state index in [2.05, 4.69) is 30.5 Å². The molecular formula is C19H23N7O. The Balaban J connectivity index is 1.32. The first-order chi connectivity index (χ1) is 13.4. The van der Waals surface area contributed by atoms with Crippen molar-refractivity contribution in [1.82, 2.24) is 24.4 Å². The lowest BCUT2D eigenvalue weighted by Crippen LogP contribution is -2.39. The van der Waals surface area contributed by atoms with Crippen LogP contribution >= 0.6 is 0 Å². The number of benzene rings is 1. The quantitative estimate of drug-likeness (QED) is 0.664. The summed E-state index contributed by atoms with van der Waals surface area (Å²) in [4.78, 5) is 15.3. The first kappa shape index (κ1) is 17.4. The second-order valence-corrected chi connectivity index (χ2v) is 6.29. The van der Waals surface area contributed by atoms with Gasteiger partial charge in [0.05, 0.1) is 19.5 Å². The van der Waals surface area contributed by atoms with Crippen molar-refractivity contribution in [1.29, 1.82) is 0 Å². The summed E-state index contributed by atoms with van der Waals surface area (Å²) in [5, 5.41) is 6.60. The van der Waals surface area contributed by atoms with E-state index in [9.17, 15) is 0 Å². The molecule has 0 bridgehead atoms. The van der Waals surface area contributed by atoms with E-state index in [4.69, 9.17) is 4.74 Å². The van der Waals surface area contributed by atoms with Crippen LogP contribution in [0.25, 0.3) is 5.69 Å². The van der Waals surface area contributed by atoms with E-state index in [1.807, 2.05) is 41.1 Å². The van der Waals surface area contributed by atoms with Gasteiger partial charge in [0.15, 0.2) is 0 Å². The third-order valence-electron chi connectivity index (χ3n) is 4.42. The Kier molecular flexibility index (Phi) is 5.56. The monoisotopic (exact) mass is 365 g/mol. The molecule has 4 rings (SSSR count). The summed E-state index contributed by atoms with van der Waals surface area (Å²) in [6.07, 6.45) is 7.21. The molecule has 0 radical (unpaired) electrons. The second kappa shape index (κ2) is 8.61. The highest BCUT2D eigenvalue weighted by Crippen LogP contribution is 2.17. The van der Waals surface area contributed by atoms with Crippen LogP contribution in [-0.2, 0) is 4.74 Å². The third-order valence-corrected chi connectivity index (χ3v) is 4.42. The molecule has 0 saturated carbocycles. The van der Waals surface area contributed by atoms with Gasteiger partial charge in [0.25, 0.3) is 0 Å². The molecule has 8 nitrogen and oxygen atoms in total. The zero-order valence-corrected chi connectivity index (χ0v) is 15.1. The fourth-order valence-electron chi connectivity index (χ4n) is 2.94. The van der Waals surface area contributed by atoms with E-state index in [0.29, 0.717) is 5.95 Å². The molecule has 1 saturated heterocycles. The number of hydrogen-bond acceptors (Lipinski definition) is 7. The summed E-state index contributed by atoms with van der Waals surface area (Å²) in [5.41, 5.74) is 1.99. The van der Waals surface area contributed by atoms with Crippen molar-refractivity contribution in [3.05, 3.63) is 55.2 Å². The molecule has 0 amide bonds. The molecular weight excluding hydrogens is 342 g/mol. The number of rotatable bonds is 7. The summed E-state index contributed by atoms with van der Waals surface area (Å²) in [7, 11) is 0. The van der Waals surface area contributed by atoms with Crippen molar-refractivity contribution in [3.63, 3.8) is 0 Å². The molecule has 1 aliphatic rings. The topological polar surface area (TPSA) is 80.1 Å². The van der Waals surface area contributed by atoms with E-state index in [1.54, 1.807) is 18.7 Å². The van der Waals surface area contributed by atoms with Crippen LogP contribution in [0.15, 0.2) is 55.2 Å². The van der Waals surface area contributed by atoms with Crippen LogP contribution in [0, 0.1) is 0 Å². The summed E-state index contributed by atoms with van der Waals surface area (Å²) in [6, 6.07) is 9.92. The van der Waals surface area contributed by atoms with E-state index >= 15 is 0 Å². The Bertz CT molecular complexity index is 830. The standard InChI is InChI=1S/C19H23N7O/c1-3-17(26-10-7-20-15-26)4-2-16(1)23-19-22-6-5-18(24-19)21-8-9-25-11-13-27-14-12-25/h1-7,10,15H,8-9,11-14H2,(H2,21,22,23,24). The first-order valence-corrected chi connectivity index (χ1v) is 9.09. The highest BCUT2D eigenvalue weighted by Gasteiger charge is 2.09. The number of nitrogens with one attached hydrogen (secondary N) is 2. The van der Waals surface area contributed by atoms with Gasteiger partial charge in [-0.3, -0.25) is 4.90 Å². The lowest BCUT2D eigenvalue weighted by molar-refractivity contribution is 0.0398. The lowest BCUT2D eigenvalue weighted by atomic mass is 10.3. The summed E-state index contributed by atoms with van der Waals surface area (Å²) in [5.74, 6) is 1.39. The number of ether oxygens (including phenoxy) is 1. The molecule has 3 aromatic rings. The van der Waals surface area contributed by atoms with Gasteiger partial charge in [-0.25, -0.2) is 9.97 Å².